The second-order valence-electron chi connectivity index (χ2n) is 8.85. The quantitative estimate of drug-likeness (QED) is 0.523. The topological polar surface area (TPSA) is 74.1 Å². The zero-order chi connectivity index (χ0) is 24.4. The fourth-order valence-electron chi connectivity index (χ4n) is 4.25. The minimum atomic E-state index is -0.565. The van der Waals surface area contributed by atoms with Crippen molar-refractivity contribution in [1.82, 2.24) is 5.01 Å². The van der Waals surface area contributed by atoms with Crippen molar-refractivity contribution in [3.63, 3.8) is 0 Å². The van der Waals surface area contributed by atoms with Gasteiger partial charge in [0.15, 0.2) is 5.17 Å². The first kappa shape index (κ1) is 23.1. The first-order valence-corrected chi connectivity index (χ1v) is 12.5. The molecule has 0 aromatic heterocycles. The molecule has 0 fully saturated rings. The largest absolute Gasteiger partial charge is 0.326 e. The van der Waals surface area contributed by atoms with E-state index in [-0.39, 0.29) is 24.3 Å². The minimum Gasteiger partial charge on any atom is -0.326 e. The summed E-state index contributed by atoms with van der Waals surface area (Å²) in [5, 5.41) is 9.61. The maximum Gasteiger partial charge on any atom is 0.262 e. The standard InChI is InChI=1S/C28H26N4O2S/c1-18-11-13-21(14-12-18)24-16-23(20-8-4-3-5-9-20)31-32(24)28-30-27(34)25(35-28)17-26(33)29-22-10-6-7-19(2)15-22/h3-15,24-25H,16-17H2,1-2H3,(H,29,33)/t24-,25+/m1/s1. The lowest BCUT2D eigenvalue weighted by Crippen LogP contribution is -2.25. The van der Waals surface area contributed by atoms with E-state index in [0.29, 0.717) is 11.6 Å². The monoisotopic (exact) mass is 482 g/mol. The molecule has 0 aliphatic carbocycles. The van der Waals surface area contributed by atoms with Crippen molar-refractivity contribution in [2.45, 2.75) is 38.0 Å². The van der Waals surface area contributed by atoms with E-state index in [4.69, 9.17) is 5.10 Å². The SMILES string of the molecule is Cc1ccc([C@H]2CC(c3ccccc3)=NN2C2=NC(=O)[C@H](CC(=O)Nc3cccc(C)c3)S2)cc1. The first-order valence-electron chi connectivity index (χ1n) is 11.6. The fraction of sp³-hybridized carbons (Fsp3) is 0.214. The maximum absolute atomic E-state index is 12.8. The number of nitrogens with one attached hydrogen (secondary N) is 1. The Labute approximate surface area is 209 Å². The van der Waals surface area contributed by atoms with Gasteiger partial charge < -0.3 is 5.32 Å². The molecule has 2 heterocycles. The van der Waals surface area contributed by atoms with E-state index in [2.05, 4.69) is 41.5 Å². The Hall–Kier alpha value is -3.71. The van der Waals surface area contributed by atoms with E-state index in [0.717, 1.165) is 28.1 Å². The predicted molar refractivity (Wildman–Crippen MR) is 142 cm³/mol. The molecule has 2 atom stereocenters. The minimum absolute atomic E-state index is 0.0583. The lowest BCUT2D eigenvalue weighted by atomic mass is 9.98. The number of nitrogens with zero attached hydrogens (tertiary/aromatic N) is 3. The van der Waals surface area contributed by atoms with Gasteiger partial charge in [0.2, 0.25) is 5.91 Å². The molecule has 3 aromatic carbocycles. The summed E-state index contributed by atoms with van der Waals surface area (Å²) in [5.41, 5.74) is 6.08. The summed E-state index contributed by atoms with van der Waals surface area (Å²) in [6.45, 7) is 4.03. The van der Waals surface area contributed by atoms with Crippen LogP contribution in [0.3, 0.4) is 0 Å². The van der Waals surface area contributed by atoms with Gasteiger partial charge in [-0.3, -0.25) is 9.59 Å². The highest BCUT2D eigenvalue weighted by atomic mass is 32.2. The summed E-state index contributed by atoms with van der Waals surface area (Å²) in [4.78, 5) is 29.7. The summed E-state index contributed by atoms with van der Waals surface area (Å²) in [6.07, 6.45) is 0.766. The van der Waals surface area contributed by atoms with Gasteiger partial charge in [0.05, 0.1) is 11.8 Å². The molecule has 0 unspecified atom stereocenters. The molecule has 35 heavy (non-hydrogen) atoms. The normalized spacial score (nSPS) is 19.5. The Morgan fingerprint density at radius 1 is 1.00 bits per heavy atom. The van der Waals surface area contributed by atoms with Gasteiger partial charge in [-0.25, -0.2) is 5.01 Å². The number of carbonyl (C=O) groups excluding carboxylic acids is 2. The Kier molecular flexibility index (Phi) is 6.51. The third kappa shape index (κ3) is 5.20. The van der Waals surface area contributed by atoms with Crippen LogP contribution in [0.1, 0.15) is 41.1 Å². The van der Waals surface area contributed by atoms with Crippen molar-refractivity contribution in [2.24, 2.45) is 10.1 Å². The molecule has 1 N–H and O–H groups in total. The van der Waals surface area contributed by atoms with Crippen LogP contribution in [-0.4, -0.2) is 33.0 Å². The average molecular weight is 483 g/mol. The zero-order valence-electron chi connectivity index (χ0n) is 19.6. The highest BCUT2D eigenvalue weighted by molar-refractivity contribution is 8.15. The molecule has 2 amide bonds. The van der Waals surface area contributed by atoms with Gasteiger partial charge in [0.1, 0.15) is 5.25 Å². The number of amides is 2. The van der Waals surface area contributed by atoms with Crippen molar-refractivity contribution < 1.29 is 9.59 Å². The van der Waals surface area contributed by atoms with Crippen LogP contribution in [0.5, 0.6) is 0 Å². The Morgan fingerprint density at radius 2 is 1.77 bits per heavy atom. The highest BCUT2D eigenvalue weighted by Crippen LogP contribution is 2.38. The van der Waals surface area contributed by atoms with E-state index in [1.807, 2.05) is 66.5 Å². The summed E-state index contributed by atoms with van der Waals surface area (Å²) in [7, 11) is 0. The smallest absolute Gasteiger partial charge is 0.262 e. The summed E-state index contributed by atoms with van der Waals surface area (Å²) < 4.78 is 0. The molecule has 6 nitrogen and oxygen atoms in total. The third-order valence-electron chi connectivity index (χ3n) is 6.08. The van der Waals surface area contributed by atoms with Gasteiger partial charge in [-0.2, -0.15) is 10.1 Å². The lowest BCUT2D eigenvalue weighted by molar-refractivity contribution is -0.121. The molecule has 0 bridgehead atoms. The van der Waals surface area contributed by atoms with Crippen molar-refractivity contribution >= 4 is 40.1 Å². The zero-order valence-corrected chi connectivity index (χ0v) is 20.5. The molecule has 0 spiro atoms. The van der Waals surface area contributed by atoms with E-state index >= 15 is 0 Å². The van der Waals surface area contributed by atoms with Crippen LogP contribution in [0, 0.1) is 13.8 Å². The van der Waals surface area contributed by atoms with Crippen LogP contribution in [0.15, 0.2) is 89.0 Å². The first-order chi connectivity index (χ1) is 17.0. The van der Waals surface area contributed by atoms with Gasteiger partial charge in [-0.15, -0.1) is 0 Å². The number of carbonyl (C=O) groups is 2. The van der Waals surface area contributed by atoms with Crippen molar-refractivity contribution in [3.8, 4) is 0 Å². The number of anilines is 1. The lowest BCUT2D eigenvalue weighted by Gasteiger charge is -2.23. The number of aryl methyl sites for hydroxylation is 2. The van der Waals surface area contributed by atoms with E-state index in [1.165, 1.54) is 17.3 Å². The summed E-state index contributed by atoms with van der Waals surface area (Å²) >= 11 is 1.32. The van der Waals surface area contributed by atoms with Gasteiger partial charge in [-0.1, -0.05) is 84.1 Å². The Balaban J connectivity index is 1.34. The second kappa shape index (κ2) is 9.88. The number of amidine groups is 1. The van der Waals surface area contributed by atoms with Crippen molar-refractivity contribution in [2.75, 3.05) is 5.32 Å². The number of benzene rings is 3. The third-order valence-corrected chi connectivity index (χ3v) is 7.22. The van der Waals surface area contributed by atoms with Crippen LogP contribution >= 0.6 is 11.8 Å². The predicted octanol–water partition coefficient (Wildman–Crippen LogP) is 5.48. The van der Waals surface area contributed by atoms with E-state index in [9.17, 15) is 9.59 Å². The molecule has 2 aliphatic rings. The average Bonchev–Trinajstić information content (AvgIpc) is 3.44. The molecule has 0 saturated carbocycles. The Bertz CT molecular complexity index is 1320. The number of hydrogen-bond donors (Lipinski definition) is 1. The number of rotatable bonds is 5. The van der Waals surface area contributed by atoms with Crippen molar-refractivity contribution in [3.05, 3.63) is 101 Å². The molecule has 3 aromatic rings. The van der Waals surface area contributed by atoms with Crippen LogP contribution in [0.25, 0.3) is 0 Å². The maximum atomic E-state index is 12.8. The molecule has 7 heteroatoms. The molecule has 2 aliphatic heterocycles. The van der Waals surface area contributed by atoms with Crippen LogP contribution in [0.4, 0.5) is 5.69 Å². The fourth-order valence-corrected chi connectivity index (χ4v) is 5.31. The number of hydrazone groups is 1. The van der Waals surface area contributed by atoms with Crippen LogP contribution < -0.4 is 5.32 Å². The molecule has 5 rings (SSSR count). The Morgan fingerprint density at radius 3 is 2.51 bits per heavy atom. The molecular formula is C28H26N4O2S. The summed E-state index contributed by atoms with van der Waals surface area (Å²) in [5.74, 6) is -0.502. The molecular weight excluding hydrogens is 456 g/mol. The van der Waals surface area contributed by atoms with Gasteiger partial charge in [0.25, 0.3) is 5.91 Å². The van der Waals surface area contributed by atoms with E-state index in [1.54, 1.807) is 0 Å². The van der Waals surface area contributed by atoms with Gasteiger partial charge in [0, 0.05) is 18.5 Å². The highest BCUT2D eigenvalue weighted by Gasteiger charge is 2.39. The number of hydrogen-bond acceptors (Lipinski definition) is 5. The van der Waals surface area contributed by atoms with E-state index < -0.39 is 5.25 Å². The molecule has 176 valence electrons. The summed E-state index contributed by atoms with van der Waals surface area (Å²) in [6, 6.07) is 26.0. The number of thioether (sulfide) groups is 1. The van der Waals surface area contributed by atoms with Crippen LogP contribution in [-0.2, 0) is 9.59 Å². The number of aliphatic imine (C=N–C) groups is 1. The van der Waals surface area contributed by atoms with Crippen LogP contribution in [0.2, 0.25) is 0 Å². The molecule has 0 radical (unpaired) electrons. The van der Waals surface area contributed by atoms with Gasteiger partial charge >= 0.3 is 0 Å². The molecule has 0 saturated heterocycles. The van der Waals surface area contributed by atoms with Gasteiger partial charge in [-0.05, 0) is 42.7 Å². The second-order valence-corrected chi connectivity index (χ2v) is 10.0. The van der Waals surface area contributed by atoms with Crippen molar-refractivity contribution in [1.29, 1.82) is 0 Å².